The van der Waals surface area contributed by atoms with Crippen LogP contribution in [0, 0.1) is 5.41 Å². The van der Waals surface area contributed by atoms with E-state index in [1.54, 1.807) is 0 Å². The molecule has 0 aromatic rings. The van der Waals surface area contributed by atoms with Crippen LogP contribution in [0.3, 0.4) is 0 Å². The highest BCUT2D eigenvalue weighted by Gasteiger charge is 2.54. The molecular weight excluding hydrogens is 194 g/mol. The van der Waals surface area contributed by atoms with Gasteiger partial charge < -0.3 is 19.9 Å². The standard InChI is InChI=1S/C11H19NO3/c13-8-10-3-4-12-9(10)1-2-11(7-10)14-5-6-15-11/h9,12-13H,1-8H2/t9-,10+/m0/s1. The molecule has 2 saturated heterocycles. The van der Waals surface area contributed by atoms with Crippen molar-refractivity contribution >= 4 is 0 Å². The molecule has 1 saturated carbocycles. The third-order valence-electron chi connectivity index (χ3n) is 4.32. The van der Waals surface area contributed by atoms with Crippen molar-refractivity contribution in [3.8, 4) is 0 Å². The lowest BCUT2D eigenvalue weighted by Gasteiger charge is -2.45. The molecule has 86 valence electrons. The van der Waals surface area contributed by atoms with E-state index in [2.05, 4.69) is 5.32 Å². The summed E-state index contributed by atoms with van der Waals surface area (Å²) in [6.07, 6.45) is 3.92. The Balaban J connectivity index is 1.83. The van der Waals surface area contributed by atoms with Crippen LogP contribution >= 0.6 is 0 Å². The summed E-state index contributed by atoms with van der Waals surface area (Å²) in [5.74, 6) is -0.370. The van der Waals surface area contributed by atoms with E-state index in [1.165, 1.54) is 0 Å². The Kier molecular flexibility index (Phi) is 2.28. The first kappa shape index (κ1) is 10.0. The first-order valence-corrected chi connectivity index (χ1v) is 5.91. The fraction of sp³-hybridized carbons (Fsp3) is 1.00. The molecule has 0 amide bonds. The minimum atomic E-state index is -0.370. The average molecular weight is 213 g/mol. The van der Waals surface area contributed by atoms with Crippen LogP contribution in [-0.4, -0.2) is 43.3 Å². The van der Waals surface area contributed by atoms with E-state index < -0.39 is 0 Å². The van der Waals surface area contributed by atoms with Gasteiger partial charge in [0.1, 0.15) is 0 Å². The summed E-state index contributed by atoms with van der Waals surface area (Å²) >= 11 is 0. The fourth-order valence-corrected chi connectivity index (χ4v) is 3.48. The molecule has 15 heavy (non-hydrogen) atoms. The second-order valence-corrected chi connectivity index (χ2v) is 5.10. The maximum absolute atomic E-state index is 9.64. The smallest absolute Gasteiger partial charge is 0.169 e. The molecular formula is C11H19NO3. The number of hydrogen-bond donors (Lipinski definition) is 2. The number of fused-ring (bicyclic) bond motifs is 1. The maximum atomic E-state index is 9.64. The zero-order valence-electron chi connectivity index (χ0n) is 9.00. The van der Waals surface area contributed by atoms with Crippen LogP contribution in [0.5, 0.6) is 0 Å². The van der Waals surface area contributed by atoms with Gasteiger partial charge in [0.15, 0.2) is 5.79 Å². The lowest BCUT2D eigenvalue weighted by Crippen LogP contribution is -2.51. The first-order valence-electron chi connectivity index (χ1n) is 5.91. The van der Waals surface area contributed by atoms with Crippen LogP contribution < -0.4 is 5.32 Å². The van der Waals surface area contributed by atoms with Crippen molar-refractivity contribution in [3.05, 3.63) is 0 Å². The summed E-state index contributed by atoms with van der Waals surface area (Å²) < 4.78 is 11.5. The van der Waals surface area contributed by atoms with Crippen molar-refractivity contribution in [2.45, 2.75) is 37.5 Å². The van der Waals surface area contributed by atoms with E-state index >= 15 is 0 Å². The van der Waals surface area contributed by atoms with Crippen LogP contribution in [0.1, 0.15) is 25.7 Å². The zero-order valence-corrected chi connectivity index (χ0v) is 9.00. The minimum Gasteiger partial charge on any atom is -0.396 e. The molecule has 0 radical (unpaired) electrons. The molecule has 0 bridgehead atoms. The van der Waals surface area contributed by atoms with Crippen molar-refractivity contribution in [2.24, 2.45) is 5.41 Å². The molecule has 1 aliphatic carbocycles. The fourth-order valence-electron chi connectivity index (χ4n) is 3.48. The maximum Gasteiger partial charge on any atom is 0.169 e. The van der Waals surface area contributed by atoms with Gasteiger partial charge in [-0.3, -0.25) is 0 Å². The topological polar surface area (TPSA) is 50.7 Å². The largest absolute Gasteiger partial charge is 0.396 e. The third-order valence-corrected chi connectivity index (χ3v) is 4.32. The highest BCUT2D eigenvalue weighted by atomic mass is 16.7. The van der Waals surface area contributed by atoms with E-state index in [0.717, 1.165) is 32.2 Å². The van der Waals surface area contributed by atoms with Gasteiger partial charge in [0.25, 0.3) is 0 Å². The average Bonchev–Trinajstić information content (AvgIpc) is 2.86. The minimum absolute atomic E-state index is 0.00257. The number of rotatable bonds is 1. The van der Waals surface area contributed by atoms with Crippen LogP contribution in [0.4, 0.5) is 0 Å². The zero-order chi connectivity index (χ0) is 10.4. The van der Waals surface area contributed by atoms with Crippen LogP contribution in [0.2, 0.25) is 0 Å². The van der Waals surface area contributed by atoms with Crippen molar-refractivity contribution in [1.29, 1.82) is 0 Å². The van der Waals surface area contributed by atoms with Gasteiger partial charge in [0.05, 0.1) is 19.8 Å². The summed E-state index contributed by atoms with van der Waals surface area (Å²) in [5, 5.41) is 13.1. The van der Waals surface area contributed by atoms with Crippen molar-refractivity contribution in [3.63, 3.8) is 0 Å². The van der Waals surface area contributed by atoms with E-state index in [4.69, 9.17) is 9.47 Å². The van der Waals surface area contributed by atoms with E-state index in [1.807, 2.05) is 0 Å². The van der Waals surface area contributed by atoms with Gasteiger partial charge >= 0.3 is 0 Å². The normalized spacial score (nSPS) is 43.4. The summed E-state index contributed by atoms with van der Waals surface area (Å²) in [7, 11) is 0. The molecule has 4 heteroatoms. The van der Waals surface area contributed by atoms with Gasteiger partial charge in [-0.15, -0.1) is 0 Å². The second-order valence-electron chi connectivity index (χ2n) is 5.10. The van der Waals surface area contributed by atoms with Gasteiger partial charge in [-0.05, 0) is 19.4 Å². The van der Waals surface area contributed by atoms with Gasteiger partial charge in [0.2, 0.25) is 0 Å². The highest BCUT2D eigenvalue weighted by molar-refractivity contribution is 5.04. The third kappa shape index (κ3) is 1.43. The van der Waals surface area contributed by atoms with E-state index in [0.29, 0.717) is 19.3 Å². The van der Waals surface area contributed by atoms with Gasteiger partial charge in [-0.1, -0.05) is 0 Å². The first-order chi connectivity index (χ1) is 7.29. The predicted molar refractivity (Wildman–Crippen MR) is 54.4 cm³/mol. The number of hydrogen-bond acceptors (Lipinski definition) is 4. The Morgan fingerprint density at radius 2 is 2.07 bits per heavy atom. The molecule has 4 nitrogen and oxygen atoms in total. The molecule has 2 heterocycles. The lowest BCUT2D eigenvalue weighted by atomic mass is 9.68. The van der Waals surface area contributed by atoms with E-state index in [-0.39, 0.29) is 17.8 Å². The second kappa shape index (κ2) is 3.42. The predicted octanol–water partition coefficient (Wildman–Crippen LogP) is 0.254. The number of nitrogens with one attached hydrogen (secondary N) is 1. The molecule has 0 aromatic carbocycles. The molecule has 2 aliphatic heterocycles. The number of ether oxygens (including phenoxy) is 2. The molecule has 3 fully saturated rings. The summed E-state index contributed by atoms with van der Waals surface area (Å²) in [5.41, 5.74) is 0.00257. The summed E-state index contributed by atoms with van der Waals surface area (Å²) in [6, 6.07) is 0.459. The molecule has 0 aromatic heterocycles. The molecule has 3 aliphatic rings. The van der Waals surface area contributed by atoms with Crippen molar-refractivity contribution in [2.75, 3.05) is 26.4 Å². The highest BCUT2D eigenvalue weighted by Crippen LogP contribution is 2.49. The molecule has 2 atom stereocenters. The number of aliphatic hydroxyl groups is 1. The Labute approximate surface area is 89.9 Å². The van der Waals surface area contributed by atoms with Crippen molar-refractivity contribution in [1.82, 2.24) is 5.32 Å². The molecule has 1 spiro atoms. The quantitative estimate of drug-likeness (QED) is 0.656. The monoisotopic (exact) mass is 213 g/mol. The van der Waals surface area contributed by atoms with Gasteiger partial charge in [-0.25, -0.2) is 0 Å². The van der Waals surface area contributed by atoms with Gasteiger partial charge in [0, 0.05) is 24.3 Å². The Hall–Kier alpha value is -0.160. The number of aliphatic hydroxyl groups excluding tert-OH is 1. The van der Waals surface area contributed by atoms with Crippen LogP contribution in [0.25, 0.3) is 0 Å². The Morgan fingerprint density at radius 3 is 2.80 bits per heavy atom. The van der Waals surface area contributed by atoms with Crippen molar-refractivity contribution < 1.29 is 14.6 Å². The SMILES string of the molecule is OC[C@]12CCN[C@H]1CCC1(C2)OCCO1. The Bertz CT molecular complexity index is 252. The molecule has 3 rings (SSSR count). The summed E-state index contributed by atoms with van der Waals surface area (Å²) in [4.78, 5) is 0. The van der Waals surface area contributed by atoms with E-state index in [9.17, 15) is 5.11 Å². The van der Waals surface area contributed by atoms with Gasteiger partial charge in [-0.2, -0.15) is 0 Å². The lowest BCUT2D eigenvalue weighted by molar-refractivity contribution is -0.208. The van der Waals surface area contributed by atoms with Crippen LogP contribution in [-0.2, 0) is 9.47 Å². The summed E-state index contributed by atoms with van der Waals surface area (Å²) in [6.45, 7) is 2.68. The molecule has 0 unspecified atom stereocenters. The Morgan fingerprint density at radius 1 is 1.27 bits per heavy atom. The molecule has 2 N–H and O–H groups in total. The van der Waals surface area contributed by atoms with Crippen LogP contribution in [0.15, 0.2) is 0 Å².